The molecule has 0 spiro atoms. The molecule has 3 aliphatic rings. The molecule has 6 heteroatoms. The lowest BCUT2D eigenvalue weighted by Gasteiger charge is -2.54. The molecule has 2 aliphatic heterocycles. The number of benzene rings is 1. The Morgan fingerprint density at radius 3 is 2.77 bits per heavy atom. The SMILES string of the molecule is CCNC(=NCc1cccc(COC2CCOCC2)c1)NC1C2CCOC2C1(C)C. The van der Waals surface area contributed by atoms with Crippen molar-refractivity contribution >= 4 is 5.96 Å². The highest BCUT2D eigenvalue weighted by atomic mass is 16.5. The first kappa shape index (κ1) is 21.6. The number of rotatable bonds is 7. The van der Waals surface area contributed by atoms with E-state index in [4.69, 9.17) is 19.2 Å². The van der Waals surface area contributed by atoms with E-state index >= 15 is 0 Å². The van der Waals surface area contributed by atoms with Crippen LogP contribution in [-0.4, -0.2) is 50.6 Å². The number of aliphatic imine (C=N–C) groups is 1. The summed E-state index contributed by atoms with van der Waals surface area (Å²) in [4.78, 5) is 4.87. The summed E-state index contributed by atoms with van der Waals surface area (Å²) in [5.41, 5.74) is 2.55. The lowest BCUT2D eigenvalue weighted by atomic mass is 9.57. The van der Waals surface area contributed by atoms with Crippen molar-refractivity contribution in [2.24, 2.45) is 16.3 Å². The van der Waals surface area contributed by atoms with E-state index < -0.39 is 0 Å². The molecule has 1 aromatic carbocycles. The van der Waals surface area contributed by atoms with Crippen molar-refractivity contribution < 1.29 is 14.2 Å². The van der Waals surface area contributed by atoms with Crippen LogP contribution in [0.2, 0.25) is 0 Å². The zero-order chi connectivity index (χ0) is 21.0. The summed E-state index contributed by atoms with van der Waals surface area (Å²) in [6, 6.07) is 8.98. The van der Waals surface area contributed by atoms with Gasteiger partial charge in [0.25, 0.3) is 0 Å². The minimum atomic E-state index is 0.138. The molecule has 3 atom stereocenters. The van der Waals surface area contributed by atoms with Gasteiger partial charge in [0.05, 0.1) is 25.4 Å². The van der Waals surface area contributed by atoms with E-state index in [1.807, 2.05) is 0 Å². The summed E-state index contributed by atoms with van der Waals surface area (Å²) in [5.74, 6) is 1.49. The summed E-state index contributed by atoms with van der Waals surface area (Å²) < 4.78 is 17.4. The Morgan fingerprint density at radius 2 is 1.97 bits per heavy atom. The average molecular weight is 416 g/mol. The van der Waals surface area contributed by atoms with Crippen molar-refractivity contribution in [3.63, 3.8) is 0 Å². The molecule has 4 rings (SSSR count). The van der Waals surface area contributed by atoms with E-state index in [1.54, 1.807) is 0 Å². The predicted octanol–water partition coefficient (Wildman–Crippen LogP) is 3.25. The molecule has 1 aromatic rings. The molecule has 3 unspecified atom stereocenters. The summed E-state index contributed by atoms with van der Waals surface area (Å²) >= 11 is 0. The number of hydrogen-bond donors (Lipinski definition) is 2. The van der Waals surface area contributed by atoms with Gasteiger partial charge < -0.3 is 24.8 Å². The molecule has 166 valence electrons. The molecule has 3 fully saturated rings. The fraction of sp³-hybridized carbons (Fsp3) is 0.708. The lowest BCUT2D eigenvalue weighted by molar-refractivity contribution is -0.106. The molecule has 1 saturated carbocycles. The number of nitrogens with zero attached hydrogens (tertiary/aromatic N) is 1. The summed E-state index contributed by atoms with van der Waals surface area (Å²) in [6.45, 7) is 11.4. The van der Waals surface area contributed by atoms with Gasteiger partial charge in [0.15, 0.2) is 5.96 Å². The highest BCUT2D eigenvalue weighted by Gasteiger charge is 2.59. The molecule has 1 aliphatic carbocycles. The van der Waals surface area contributed by atoms with Gasteiger partial charge in [0.2, 0.25) is 0 Å². The largest absolute Gasteiger partial charge is 0.381 e. The Balaban J connectivity index is 1.34. The van der Waals surface area contributed by atoms with E-state index in [2.05, 4.69) is 55.7 Å². The normalized spacial score (nSPS) is 28.6. The predicted molar refractivity (Wildman–Crippen MR) is 118 cm³/mol. The Bertz CT molecular complexity index is 730. The number of fused-ring (bicyclic) bond motifs is 1. The Kier molecular flexibility index (Phi) is 6.96. The Hall–Kier alpha value is -1.63. The van der Waals surface area contributed by atoms with Gasteiger partial charge in [-0.25, -0.2) is 4.99 Å². The van der Waals surface area contributed by atoms with Gasteiger partial charge in [-0.3, -0.25) is 0 Å². The standard InChI is InChI=1S/C24H37N3O3/c1-4-25-23(27-21-20-10-13-29-22(20)24(21,2)3)26-15-17-6-5-7-18(14-17)16-30-19-8-11-28-12-9-19/h5-7,14,19-22H,4,8-13,15-16H2,1-3H3,(H2,25,26,27). The number of guanidine groups is 1. The molecule has 2 heterocycles. The molecular weight excluding hydrogens is 378 g/mol. The van der Waals surface area contributed by atoms with Crippen molar-refractivity contribution in [2.45, 2.75) is 71.4 Å². The van der Waals surface area contributed by atoms with Crippen LogP contribution in [0.5, 0.6) is 0 Å². The van der Waals surface area contributed by atoms with Gasteiger partial charge in [-0.05, 0) is 37.3 Å². The molecule has 30 heavy (non-hydrogen) atoms. The van der Waals surface area contributed by atoms with Gasteiger partial charge in [-0.15, -0.1) is 0 Å². The molecule has 0 radical (unpaired) electrons. The first-order valence-corrected chi connectivity index (χ1v) is 11.5. The highest BCUT2D eigenvalue weighted by Crippen LogP contribution is 2.52. The first-order valence-electron chi connectivity index (χ1n) is 11.5. The fourth-order valence-electron chi connectivity index (χ4n) is 5.13. The third-order valence-electron chi connectivity index (χ3n) is 6.80. The topological polar surface area (TPSA) is 64.1 Å². The van der Waals surface area contributed by atoms with E-state index in [1.165, 1.54) is 11.1 Å². The van der Waals surface area contributed by atoms with Crippen molar-refractivity contribution in [3.05, 3.63) is 35.4 Å². The quantitative estimate of drug-likeness (QED) is 0.529. The van der Waals surface area contributed by atoms with Crippen LogP contribution in [0.15, 0.2) is 29.3 Å². The molecule has 6 nitrogen and oxygen atoms in total. The van der Waals surface area contributed by atoms with Crippen LogP contribution in [0.3, 0.4) is 0 Å². The van der Waals surface area contributed by atoms with Crippen molar-refractivity contribution in [2.75, 3.05) is 26.4 Å². The van der Waals surface area contributed by atoms with Crippen LogP contribution in [0, 0.1) is 11.3 Å². The zero-order valence-corrected chi connectivity index (χ0v) is 18.7. The van der Waals surface area contributed by atoms with Crippen LogP contribution in [0.4, 0.5) is 0 Å². The smallest absolute Gasteiger partial charge is 0.191 e. The highest BCUT2D eigenvalue weighted by molar-refractivity contribution is 5.80. The maximum atomic E-state index is 6.07. The molecule has 0 aromatic heterocycles. The molecule has 0 amide bonds. The van der Waals surface area contributed by atoms with Gasteiger partial charge in [-0.1, -0.05) is 38.1 Å². The van der Waals surface area contributed by atoms with E-state index in [-0.39, 0.29) is 5.41 Å². The summed E-state index contributed by atoms with van der Waals surface area (Å²) in [6.07, 6.45) is 3.82. The minimum absolute atomic E-state index is 0.138. The third kappa shape index (κ3) is 4.82. The van der Waals surface area contributed by atoms with E-state index in [0.29, 0.717) is 37.3 Å². The van der Waals surface area contributed by atoms with E-state index in [0.717, 1.165) is 51.6 Å². The molecule has 2 saturated heterocycles. The second-order valence-corrected chi connectivity index (χ2v) is 9.33. The van der Waals surface area contributed by atoms with Crippen molar-refractivity contribution in [1.29, 1.82) is 0 Å². The van der Waals surface area contributed by atoms with Crippen LogP contribution >= 0.6 is 0 Å². The second kappa shape index (κ2) is 9.67. The number of ether oxygens (including phenoxy) is 3. The maximum absolute atomic E-state index is 6.07. The van der Waals surface area contributed by atoms with E-state index in [9.17, 15) is 0 Å². The monoisotopic (exact) mass is 415 g/mol. The van der Waals surface area contributed by atoms with Crippen LogP contribution in [0.1, 0.15) is 51.2 Å². The van der Waals surface area contributed by atoms with Crippen LogP contribution in [-0.2, 0) is 27.4 Å². The fourth-order valence-corrected chi connectivity index (χ4v) is 5.13. The molecule has 2 N–H and O–H groups in total. The van der Waals surface area contributed by atoms with Gasteiger partial charge in [0, 0.05) is 43.7 Å². The number of hydrogen-bond acceptors (Lipinski definition) is 4. The van der Waals surface area contributed by atoms with Crippen molar-refractivity contribution in [1.82, 2.24) is 10.6 Å². The second-order valence-electron chi connectivity index (χ2n) is 9.33. The lowest BCUT2D eigenvalue weighted by Crippen LogP contribution is -2.67. The van der Waals surface area contributed by atoms with Gasteiger partial charge in [-0.2, -0.15) is 0 Å². The Labute approximate surface area is 180 Å². The molecule has 0 bridgehead atoms. The summed E-state index contributed by atoms with van der Waals surface area (Å²) in [7, 11) is 0. The average Bonchev–Trinajstić information content (AvgIpc) is 3.22. The third-order valence-corrected chi connectivity index (χ3v) is 6.80. The van der Waals surface area contributed by atoms with Crippen LogP contribution in [0.25, 0.3) is 0 Å². The van der Waals surface area contributed by atoms with Crippen LogP contribution < -0.4 is 10.6 Å². The van der Waals surface area contributed by atoms with Gasteiger partial charge >= 0.3 is 0 Å². The maximum Gasteiger partial charge on any atom is 0.191 e. The molecular formula is C24H37N3O3. The Morgan fingerprint density at radius 1 is 1.17 bits per heavy atom. The zero-order valence-electron chi connectivity index (χ0n) is 18.7. The first-order chi connectivity index (χ1) is 14.6. The number of nitrogens with one attached hydrogen (secondary N) is 2. The van der Waals surface area contributed by atoms with Crippen molar-refractivity contribution in [3.8, 4) is 0 Å². The van der Waals surface area contributed by atoms with Gasteiger partial charge in [0.1, 0.15) is 0 Å². The summed E-state index contributed by atoms with van der Waals surface area (Å²) in [5, 5.41) is 7.11. The minimum Gasteiger partial charge on any atom is -0.381 e.